The van der Waals surface area contributed by atoms with Crippen molar-refractivity contribution in [2.75, 3.05) is 19.6 Å². The number of pyridine rings is 1. The van der Waals surface area contributed by atoms with Crippen molar-refractivity contribution in [1.82, 2.24) is 15.2 Å². The summed E-state index contributed by atoms with van der Waals surface area (Å²) in [6.07, 6.45) is 0.608. The van der Waals surface area contributed by atoms with Gasteiger partial charge >= 0.3 is 6.09 Å². The molecule has 1 aromatic heterocycles. The first-order chi connectivity index (χ1) is 8.61. The minimum atomic E-state index is -0.909. The Morgan fingerprint density at radius 2 is 2.50 bits per heavy atom. The van der Waals surface area contributed by atoms with Crippen molar-refractivity contribution in [2.24, 2.45) is 0 Å². The van der Waals surface area contributed by atoms with Gasteiger partial charge in [0.25, 0.3) is 0 Å². The molecule has 2 rings (SSSR count). The van der Waals surface area contributed by atoms with E-state index in [1.54, 1.807) is 6.07 Å². The number of nitrogens with one attached hydrogen (secondary N) is 1. The molecule has 94 valence electrons. The van der Waals surface area contributed by atoms with E-state index in [4.69, 9.17) is 10.4 Å². The first-order valence-corrected chi connectivity index (χ1v) is 5.69. The van der Waals surface area contributed by atoms with Crippen molar-refractivity contribution in [2.45, 2.75) is 13.0 Å². The van der Waals surface area contributed by atoms with Gasteiger partial charge in [-0.2, -0.15) is 5.26 Å². The van der Waals surface area contributed by atoms with E-state index in [9.17, 15) is 4.79 Å². The lowest BCUT2D eigenvalue weighted by Gasteiger charge is -2.32. The van der Waals surface area contributed by atoms with Crippen LogP contribution in [0.5, 0.6) is 0 Å². The van der Waals surface area contributed by atoms with Crippen molar-refractivity contribution >= 4 is 6.09 Å². The maximum Gasteiger partial charge on any atom is 0.407 e. The van der Waals surface area contributed by atoms with Gasteiger partial charge in [-0.1, -0.05) is 0 Å². The Labute approximate surface area is 105 Å². The summed E-state index contributed by atoms with van der Waals surface area (Å²) < 4.78 is 0. The Kier molecular flexibility index (Phi) is 3.44. The van der Waals surface area contributed by atoms with Gasteiger partial charge in [-0.05, 0) is 18.6 Å². The van der Waals surface area contributed by atoms with Gasteiger partial charge in [-0.3, -0.25) is 4.98 Å². The van der Waals surface area contributed by atoms with Gasteiger partial charge < -0.3 is 15.3 Å². The number of carboxylic acid groups (broad SMARTS) is 1. The SMILES string of the molecule is Cc1cc(C#N)cnc1C1CN(C(=O)O)CCN1. The zero-order valence-electron chi connectivity index (χ0n) is 10.1. The van der Waals surface area contributed by atoms with E-state index in [1.165, 1.54) is 11.1 Å². The molecule has 6 nitrogen and oxygen atoms in total. The highest BCUT2D eigenvalue weighted by molar-refractivity contribution is 5.65. The van der Waals surface area contributed by atoms with Crippen LogP contribution in [0.1, 0.15) is 22.9 Å². The van der Waals surface area contributed by atoms with Crippen LogP contribution in [0.4, 0.5) is 4.79 Å². The lowest BCUT2D eigenvalue weighted by Crippen LogP contribution is -2.48. The monoisotopic (exact) mass is 246 g/mol. The van der Waals surface area contributed by atoms with Gasteiger partial charge in [0, 0.05) is 25.8 Å². The third-order valence-corrected chi connectivity index (χ3v) is 3.02. The predicted molar refractivity (Wildman–Crippen MR) is 64.0 cm³/mol. The molecule has 1 atom stereocenters. The topological polar surface area (TPSA) is 89.2 Å². The molecule has 1 unspecified atom stereocenters. The van der Waals surface area contributed by atoms with Crippen LogP contribution in [0, 0.1) is 18.3 Å². The normalized spacial score (nSPS) is 19.3. The third kappa shape index (κ3) is 2.41. The summed E-state index contributed by atoms with van der Waals surface area (Å²) in [4.78, 5) is 16.6. The number of carbonyl (C=O) groups is 1. The molecule has 0 radical (unpaired) electrons. The predicted octanol–water partition coefficient (Wildman–Crippen LogP) is 0.886. The Hall–Kier alpha value is -2.13. The van der Waals surface area contributed by atoms with Crippen LogP contribution in [-0.2, 0) is 0 Å². The van der Waals surface area contributed by atoms with Gasteiger partial charge in [0.05, 0.1) is 17.3 Å². The number of aromatic nitrogens is 1. The molecular weight excluding hydrogens is 232 g/mol. The fourth-order valence-corrected chi connectivity index (χ4v) is 2.12. The second-order valence-electron chi connectivity index (χ2n) is 4.27. The molecule has 0 aromatic carbocycles. The molecule has 2 N–H and O–H groups in total. The number of nitrogens with zero attached hydrogens (tertiary/aromatic N) is 3. The Morgan fingerprint density at radius 1 is 1.72 bits per heavy atom. The Balaban J connectivity index is 2.21. The molecule has 0 aliphatic carbocycles. The van der Waals surface area contributed by atoms with E-state index < -0.39 is 6.09 Å². The fraction of sp³-hybridized carbons (Fsp3) is 0.417. The number of rotatable bonds is 1. The van der Waals surface area contributed by atoms with Crippen molar-refractivity contribution in [1.29, 1.82) is 5.26 Å². The Morgan fingerprint density at radius 3 is 3.11 bits per heavy atom. The lowest BCUT2D eigenvalue weighted by molar-refractivity contribution is 0.128. The zero-order chi connectivity index (χ0) is 13.1. The van der Waals surface area contributed by atoms with Crippen LogP contribution >= 0.6 is 0 Å². The average Bonchev–Trinajstić information content (AvgIpc) is 2.38. The molecular formula is C12H14N4O2. The lowest BCUT2D eigenvalue weighted by atomic mass is 10.0. The van der Waals surface area contributed by atoms with Crippen molar-refractivity contribution in [3.63, 3.8) is 0 Å². The second kappa shape index (κ2) is 5.02. The highest BCUT2D eigenvalue weighted by atomic mass is 16.4. The van der Waals surface area contributed by atoms with Crippen LogP contribution in [-0.4, -0.2) is 40.7 Å². The summed E-state index contributed by atoms with van der Waals surface area (Å²) in [5.74, 6) is 0. The average molecular weight is 246 g/mol. The van der Waals surface area contributed by atoms with Crippen LogP contribution in [0.25, 0.3) is 0 Å². The largest absolute Gasteiger partial charge is 0.465 e. The standard InChI is InChI=1S/C12H14N4O2/c1-8-4-9(5-13)6-15-11(8)10-7-16(12(17)18)3-2-14-10/h4,6,10,14H,2-3,7H2,1H3,(H,17,18). The summed E-state index contributed by atoms with van der Waals surface area (Å²) >= 11 is 0. The molecule has 0 spiro atoms. The summed E-state index contributed by atoms with van der Waals surface area (Å²) in [6, 6.07) is 3.70. The minimum Gasteiger partial charge on any atom is -0.465 e. The van der Waals surface area contributed by atoms with Crippen LogP contribution in [0.3, 0.4) is 0 Å². The van der Waals surface area contributed by atoms with Gasteiger partial charge in [-0.15, -0.1) is 0 Å². The second-order valence-corrected chi connectivity index (χ2v) is 4.27. The van der Waals surface area contributed by atoms with E-state index in [-0.39, 0.29) is 6.04 Å². The van der Waals surface area contributed by atoms with E-state index in [0.29, 0.717) is 25.2 Å². The third-order valence-electron chi connectivity index (χ3n) is 3.02. The van der Waals surface area contributed by atoms with E-state index >= 15 is 0 Å². The first-order valence-electron chi connectivity index (χ1n) is 5.69. The molecule has 1 aliphatic rings. The number of aryl methyl sites for hydroxylation is 1. The van der Waals surface area contributed by atoms with Crippen molar-refractivity contribution < 1.29 is 9.90 Å². The van der Waals surface area contributed by atoms with Gasteiger partial charge in [0.15, 0.2) is 0 Å². The van der Waals surface area contributed by atoms with E-state index in [2.05, 4.69) is 10.3 Å². The highest BCUT2D eigenvalue weighted by Gasteiger charge is 2.25. The minimum absolute atomic E-state index is 0.109. The molecule has 2 heterocycles. The number of piperazine rings is 1. The number of amides is 1. The number of hydrogen-bond donors (Lipinski definition) is 2. The molecule has 0 bridgehead atoms. The summed E-state index contributed by atoms with van der Waals surface area (Å²) in [6.45, 7) is 3.36. The molecule has 1 fully saturated rings. The first kappa shape index (κ1) is 12.3. The van der Waals surface area contributed by atoms with Gasteiger partial charge in [0.1, 0.15) is 6.07 Å². The van der Waals surface area contributed by atoms with Gasteiger partial charge in [-0.25, -0.2) is 4.79 Å². The molecule has 0 saturated carbocycles. The van der Waals surface area contributed by atoms with Crippen LogP contribution in [0.2, 0.25) is 0 Å². The molecule has 1 amide bonds. The quantitative estimate of drug-likeness (QED) is 0.768. The Bertz CT molecular complexity index is 509. The van der Waals surface area contributed by atoms with Gasteiger partial charge in [0.2, 0.25) is 0 Å². The number of nitriles is 1. The molecule has 1 aliphatic heterocycles. The summed E-state index contributed by atoms with van der Waals surface area (Å²) in [7, 11) is 0. The highest BCUT2D eigenvalue weighted by Crippen LogP contribution is 2.19. The summed E-state index contributed by atoms with van der Waals surface area (Å²) in [5.41, 5.74) is 2.22. The van der Waals surface area contributed by atoms with Crippen molar-refractivity contribution in [3.8, 4) is 6.07 Å². The van der Waals surface area contributed by atoms with Crippen LogP contribution < -0.4 is 5.32 Å². The maximum absolute atomic E-state index is 11.0. The maximum atomic E-state index is 11.0. The van der Waals surface area contributed by atoms with Crippen LogP contribution in [0.15, 0.2) is 12.3 Å². The van der Waals surface area contributed by atoms with E-state index in [1.807, 2.05) is 13.0 Å². The fourth-order valence-electron chi connectivity index (χ4n) is 2.12. The molecule has 18 heavy (non-hydrogen) atoms. The summed E-state index contributed by atoms with van der Waals surface area (Å²) in [5, 5.41) is 21.0. The molecule has 1 aromatic rings. The van der Waals surface area contributed by atoms with Crippen molar-refractivity contribution in [3.05, 3.63) is 29.1 Å². The zero-order valence-corrected chi connectivity index (χ0v) is 10.1. The number of hydrogen-bond acceptors (Lipinski definition) is 4. The molecule has 1 saturated heterocycles. The molecule has 6 heteroatoms. The smallest absolute Gasteiger partial charge is 0.407 e. The van der Waals surface area contributed by atoms with E-state index in [0.717, 1.165) is 11.3 Å².